The first-order valence-corrected chi connectivity index (χ1v) is 6.70. The summed E-state index contributed by atoms with van der Waals surface area (Å²) in [5.74, 6) is 0.641. The van der Waals surface area contributed by atoms with Crippen LogP contribution in [0, 0.1) is 5.92 Å². The molecular formula is C15H19NO2. The minimum atomic E-state index is -0.0807. The molecule has 2 fully saturated rings. The third-order valence-corrected chi connectivity index (χ3v) is 4.10. The fourth-order valence-electron chi connectivity index (χ4n) is 2.93. The van der Waals surface area contributed by atoms with E-state index in [1.54, 1.807) is 0 Å². The Balaban J connectivity index is 1.81. The highest BCUT2D eigenvalue weighted by Gasteiger charge is 2.45. The molecule has 3 rings (SSSR count). The van der Waals surface area contributed by atoms with Crippen LogP contribution < -0.4 is 0 Å². The average molecular weight is 245 g/mol. The van der Waals surface area contributed by atoms with E-state index in [1.807, 2.05) is 6.07 Å². The number of esters is 1. The minimum absolute atomic E-state index is 0.0270. The van der Waals surface area contributed by atoms with Gasteiger partial charge in [0, 0.05) is 12.6 Å². The first-order valence-electron chi connectivity index (χ1n) is 6.70. The Morgan fingerprint density at radius 3 is 2.50 bits per heavy atom. The molecule has 1 aliphatic carbocycles. The van der Waals surface area contributed by atoms with E-state index in [0.717, 1.165) is 18.9 Å². The Morgan fingerprint density at radius 1 is 1.28 bits per heavy atom. The van der Waals surface area contributed by atoms with Crippen molar-refractivity contribution in [3.63, 3.8) is 0 Å². The van der Waals surface area contributed by atoms with Crippen LogP contribution in [0.1, 0.15) is 30.9 Å². The number of ether oxygens (including phenoxy) is 1. The Bertz CT molecular complexity index is 427. The van der Waals surface area contributed by atoms with Crippen molar-refractivity contribution < 1.29 is 9.53 Å². The number of carbonyl (C=O) groups is 1. The van der Waals surface area contributed by atoms with E-state index in [-0.39, 0.29) is 12.0 Å². The van der Waals surface area contributed by atoms with E-state index in [2.05, 4.69) is 29.2 Å². The van der Waals surface area contributed by atoms with Gasteiger partial charge in [0.15, 0.2) is 0 Å². The predicted molar refractivity (Wildman–Crippen MR) is 69.0 cm³/mol. The Morgan fingerprint density at radius 2 is 2.00 bits per heavy atom. The second-order valence-electron chi connectivity index (χ2n) is 5.26. The molecule has 1 aromatic rings. The van der Waals surface area contributed by atoms with E-state index in [1.165, 1.54) is 25.5 Å². The SMILES string of the molecule is COC(=O)C1CCN1C(c1ccccc1)C1CC1. The second kappa shape index (κ2) is 4.73. The monoisotopic (exact) mass is 245 g/mol. The normalized spacial score (nSPS) is 25.3. The van der Waals surface area contributed by atoms with Crippen LogP contribution in [0.4, 0.5) is 0 Å². The molecule has 2 atom stereocenters. The molecule has 18 heavy (non-hydrogen) atoms. The standard InChI is InChI=1S/C15H19NO2/c1-18-15(17)13-9-10-16(13)14(12-7-8-12)11-5-3-2-4-6-11/h2-6,12-14H,7-10H2,1H3. The predicted octanol–water partition coefficient (Wildman–Crippen LogP) is 2.39. The van der Waals surface area contributed by atoms with Gasteiger partial charge in [-0.1, -0.05) is 30.3 Å². The zero-order chi connectivity index (χ0) is 12.5. The van der Waals surface area contributed by atoms with Crippen LogP contribution in [0.15, 0.2) is 30.3 Å². The van der Waals surface area contributed by atoms with Crippen molar-refractivity contribution >= 4 is 5.97 Å². The van der Waals surface area contributed by atoms with Crippen LogP contribution in [0.2, 0.25) is 0 Å². The molecule has 1 aromatic carbocycles. The number of methoxy groups -OCH3 is 1. The van der Waals surface area contributed by atoms with Crippen LogP contribution in [0.3, 0.4) is 0 Å². The van der Waals surface area contributed by atoms with Crippen molar-refractivity contribution in [3.05, 3.63) is 35.9 Å². The zero-order valence-electron chi connectivity index (χ0n) is 10.7. The van der Waals surface area contributed by atoms with Crippen molar-refractivity contribution in [3.8, 4) is 0 Å². The summed E-state index contributed by atoms with van der Waals surface area (Å²) in [4.78, 5) is 14.0. The van der Waals surface area contributed by atoms with Gasteiger partial charge in [-0.05, 0) is 30.7 Å². The minimum Gasteiger partial charge on any atom is -0.468 e. The average Bonchev–Trinajstić information content (AvgIpc) is 3.19. The Hall–Kier alpha value is -1.35. The number of likely N-dealkylation sites (tertiary alicyclic amines) is 1. The molecule has 1 aliphatic heterocycles. The fourth-order valence-corrected chi connectivity index (χ4v) is 2.93. The van der Waals surface area contributed by atoms with Crippen molar-refractivity contribution in [1.29, 1.82) is 0 Å². The fraction of sp³-hybridized carbons (Fsp3) is 0.533. The maximum Gasteiger partial charge on any atom is 0.323 e. The van der Waals surface area contributed by atoms with Gasteiger partial charge in [-0.2, -0.15) is 0 Å². The largest absolute Gasteiger partial charge is 0.468 e. The van der Waals surface area contributed by atoms with Crippen molar-refractivity contribution in [2.45, 2.75) is 31.3 Å². The molecule has 3 heteroatoms. The number of hydrogen-bond donors (Lipinski definition) is 0. The molecule has 3 nitrogen and oxygen atoms in total. The van der Waals surface area contributed by atoms with Gasteiger partial charge in [0.1, 0.15) is 6.04 Å². The summed E-state index contributed by atoms with van der Waals surface area (Å²) in [7, 11) is 1.48. The second-order valence-corrected chi connectivity index (χ2v) is 5.26. The van der Waals surface area contributed by atoms with Gasteiger partial charge < -0.3 is 4.74 Å². The highest BCUT2D eigenvalue weighted by atomic mass is 16.5. The number of nitrogens with zero attached hydrogens (tertiary/aromatic N) is 1. The molecular weight excluding hydrogens is 226 g/mol. The summed E-state index contributed by atoms with van der Waals surface area (Å²) in [6, 6.07) is 10.9. The van der Waals surface area contributed by atoms with E-state index < -0.39 is 0 Å². The number of rotatable bonds is 4. The molecule has 2 aliphatic rings. The Kier molecular flexibility index (Phi) is 3.08. The zero-order valence-corrected chi connectivity index (χ0v) is 10.7. The highest BCUT2D eigenvalue weighted by molar-refractivity contribution is 5.76. The quantitative estimate of drug-likeness (QED) is 0.763. The summed E-state index contributed by atoms with van der Waals surface area (Å²) in [5.41, 5.74) is 1.34. The van der Waals surface area contributed by atoms with Crippen molar-refractivity contribution in [2.75, 3.05) is 13.7 Å². The molecule has 1 saturated heterocycles. The summed E-state index contributed by atoms with van der Waals surface area (Å²) >= 11 is 0. The first-order chi connectivity index (χ1) is 8.81. The maximum absolute atomic E-state index is 11.7. The van der Waals surface area contributed by atoms with Gasteiger partial charge in [0.05, 0.1) is 7.11 Å². The van der Waals surface area contributed by atoms with Crippen LogP contribution >= 0.6 is 0 Å². The van der Waals surface area contributed by atoms with Gasteiger partial charge in [-0.25, -0.2) is 0 Å². The van der Waals surface area contributed by atoms with Crippen LogP contribution in [0.5, 0.6) is 0 Å². The molecule has 1 heterocycles. The number of benzene rings is 1. The first kappa shape index (κ1) is 11.7. The molecule has 2 unspecified atom stereocenters. The number of hydrogen-bond acceptors (Lipinski definition) is 3. The van der Waals surface area contributed by atoms with Crippen LogP contribution in [0.25, 0.3) is 0 Å². The molecule has 0 N–H and O–H groups in total. The Labute approximate surface area is 108 Å². The molecule has 0 bridgehead atoms. The third kappa shape index (κ3) is 2.03. The van der Waals surface area contributed by atoms with Crippen molar-refractivity contribution in [1.82, 2.24) is 4.90 Å². The molecule has 0 radical (unpaired) electrons. The molecule has 1 saturated carbocycles. The van der Waals surface area contributed by atoms with E-state index in [0.29, 0.717) is 6.04 Å². The maximum atomic E-state index is 11.7. The van der Waals surface area contributed by atoms with Crippen LogP contribution in [-0.4, -0.2) is 30.6 Å². The van der Waals surface area contributed by atoms with E-state index >= 15 is 0 Å². The van der Waals surface area contributed by atoms with Gasteiger partial charge >= 0.3 is 5.97 Å². The smallest absolute Gasteiger partial charge is 0.323 e. The lowest BCUT2D eigenvalue weighted by Crippen LogP contribution is -2.54. The van der Waals surface area contributed by atoms with Gasteiger partial charge in [-0.3, -0.25) is 9.69 Å². The van der Waals surface area contributed by atoms with Gasteiger partial charge in [0.2, 0.25) is 0 Å². The highest BCUT2D eigenvalue weighted by Crippen LogP contribution is 2.47. The number of carbonyl (C=O) groups excluding carboxylic acids is 1. The lowest BCUT2D eigenvalue weighted by Gasteiger charge is -2.44. The van der Waals surface area contributed by atoms with E-state index in [4.69, 9.17) is 4.74 Å². The van der Waals surface area contributed by atoms with Crippen molar-refractivity contribution in [2.24, 2.45) is 5.92 Å². The molecule has 0 aromatic heterocycles. The summed E-state index contributed by atoms with van der Waals surface area (Å²) in [6.07, 6.45) is 3.50. The van der Waals surface area contributed by atoms with Gasteiger partial charge in [-0.15, -0.1) is 0 Å². The molecule has 96 valence electrons. The summed E-state index contributed by atoms with van der Waals surface area (Å²) < 4.78 is 4.89. The lowest BCUT2D eigenvalue weighted by atomic mass is 9.92. The third-order valence-electron chi connectivity index (χ3n) is 4.10. The summed E-state index contributed by atoms with van der Waals surface area (Å²) in [5, 5.41) is 0. The molecule has 0 spiro atoms. The molecule has 0 amide bonds. The summed E-state index contributed by atoms with van der Waals surface area (Å²) in [6.45, 7) is 1.01. The van der Waals surface area contributed by atoms with Gasteiger partial charge in [0.25, 0.3) is 0 Å². The van der Waals surface area contributed by atoms with E-state index in [9.17, 15) is 4.79 Å². The van der Waals surface area contributed by atoms with Crippen LogP contribution in [-0.2, 0) is 9.53 Å². The topological polar surface area (TPSA) is 29.5 Å². The lowest BCUT2D eigenvalue weighted by molar-refractivity contribution is -0.154.